The molecule has 142 valence electrons. The Balaban J connectivity index is 2.10. The zero-order valence-electron chi connectivity index (χ0n) is 14.3. The molecule has 1 atom stereocenters. The third-order valence-corrected chi connectivity index (χ3v) is 3.41. The smallest absolute Gasteiger partial charge is 0.387 e. The lowest BCUT2D eigenvalue weighted by atomic mass is 10.1. The predicted molar refractivity (Wildman–Crippen MR) is 93.1 cm³/mol. The van der Waals surface area contributed by atoms with E-state index in [0.29, 0.717) is 11.1 Å². The number of hydrogen-bond donors (Lipinski definition) is 1. The molecule has 0 saturated carbocycles. The number of carbonyl (C=O) groups is 2. The number of nitrogens with two attached hydrogens (primary N) is 1. The van der Waals surface area contributed by atoms with Gasteiger partial charge in [0.2, 0.25) is 6.10 Å². The minimum absolute atomic E-state index is 0.0742. The van der Waals surface area contributed by atoms with Gasteiger partial charge in [-0.1, -0.05) is 36.4 Å². The van der Waals surface area contributed by atoms with Crippen LogP contribution in [0.1, 0.15) is 17.2 Å². The molecule has 0 saturated heterocycles. The van der Waals surface area contributed by atoms with Gasteiger partial charge in [-0.25, -0.2) is 4.79 Å². The maximum atomic E-state index is 12.3. The van der Waals surface area contributed by atoms with Gasteiger partial charge in [-0.15, -0.1) is 0 Å². The van der Waals surface area contributed by atoms with E-state index < -0.39 is 24.6 Å². The molecule has 6 nitrogen and oxygen atoms in total. The lowest BCUT2D eigenvalue weighted by molar-refractivity contribution is -0.150. The molecule has 0 aromatic heterocycles. The first-order valence-corrected chi connectivity index (χ1v) is 7.76. The molecule has 1 unspecified atom stereocenters. The van der Waals surface area contributed by atoms with Crippen molar-refractivity contribution in [2.75, 3.05) is 7.11 Å². The van der Waals surface area contributed by atoms with Gasteiger partial charge in [0.05, 0.1) is 7.11 Å². The van der Waals surface area contributed by atoms with Crippen molar-refractivity contribution in [3.8, 4) is 11.5 Å². The van der Waals surface area contributed by atoms with Crippen LogP contribution in [0.15, 0.2) is 54.6 Å². The van der Waals surface area contributed by atoms with Crippen LogP contribution in [0.2, 0.25) is 0 Å². The summed E-state index contributed by atoms with van der Waals surface area (Å²) in [6, 6.07) is 12.5. The average Bonchev–Trinajstić information content (AvgIpc) is 2.65. The molecular weight excluding hydrogens is 360 g/mol. The zero-order valence-corrected chi connectivity index (χ0v) is 14.3. The predicted octanol–water partition coefficient (Wildman–Crippen LogP) is 3.08. The quantitative estimate of drug-likeness (QED) is 0.564. The van der Waals surface area contributed by atoms with Gasteiger partial charge < -0.3 is 19.9 Å². The number of ether oxygens (including phenoxy) is 3. The van der Waals surface area contributed by atoms with E-state index in [0.717, 1.165) is 6.08 Å². The highest BCUT2D eigenvalue weighted by Gasteiger charge is 2.21. The zero-order chi connectivity index (χ0) is 19.8. The molecule has 2 N–H and O–H groups in total. The van der Waals surface area contributed by atoms with Crippen LogP contribution < -0.4 is 15.2 Å². The van der Waals surface area contributed by atoms with E-state index in [9.17, 15) is 18.4 Å². The molecule has 1 amide bonds. The maximum absolute atomic E-state index is 12.3. The minimum Gasteiger partial charge on any atom is -0.493 e. The van der Waals surface area contributed by atoms with Gasteiger partial charge >= 0.3 is 12.6 Å². The number of esters is 1. The number of benzene rings is 2. The van der Waals surface area contributed by atoms with E-state index >= 15 is 0 Å². The summed E-state index contributed by atoms with van der Waals surface area (Å²) >= 11 is 0. The Bertz CT molecular complexity index is 824. The third-order valence-electron chi connectivity index (χ3n) is 3.41. The summed E-state index contributed by atoms with van der Waals surface area (Å²) in [5, 5.41) is 0. The summed E-state index contributed by atoms with van der Waals surface area (Å²) in [7, 11) is 1.30. The molecule has 0 aliphatic carbocycles. The molecule has 0 aliphatic rings. The number of halogens is 2. The van der Waals surface area contributed by atoms with Crippen molar-refractivity contribution in [1.29, 1.82) is 0 Å². The summed E-state index contributed by atoms with van der Waals surface area (Å²) < 4.78 is 39.0. The summed E-state index contributed by atoms with van der Waals surface area (Å²) in [5.74, 6) is -1.66. The first kappa shape index (κ1) is 19.9. The number of amides is 1. The van der Waals surface area contributed by atoms with E-state index in [-0.39, 0.29) is 11.5 Å². The number of primary amides is 1. The summed E-state index contributed by atoms with van der Waals surface area (Å²) in [5.41, 5.74) is 6.21. The van der Waals surface area contributed by atoms with Crippen molar-refractivity contribution in [2.24, 2.45) is 5.73 Å². The number of carbonyl (C=O) groups excluding carboxylic acids is 2. The van der Waals surface area contributed by atoms with Gasteiger partial charge in [-0.2, -0.15) is 8.78 Å². The Kier molecular flexibility index (Phi) is 6.87. The first-order chi connectivity index (χ1) is 12.9. The highest BCUT2D eigenvalue weighted by atomic mass is 19.3. The van der Waals surface area contributed by atoms with Crippen LogP contribution in [0.4, 0.5) is 8.78 Å². The third kappa shape index (κ3) is 5.81. The fourth-order valence-corrected chi connectivity index (χ4v) is 2.22. The van der Waals surface area contributed by atoms with E-state index in [4.69, 9.17) is 15.2 Å². The van der Waals surface area contributed by atoms with Crippen LogP contribution in [0.5, 0.6) is 11.5 Å². The Hall–Kier alpha value is -3.42. The Morgan fingerprint density at radius 2 is 1.78 bits per heavy atom. The molecule has 2 aromatic carbocycles. The fraction of sp³-hybridized carbons (Fsp3) is 0.158. The van der Waals surface area contributed by atoms with E-state index in [1.807, 2.05) is 0 Å². The van der Waals surface area contributed by atoms with Gasteiger partial charge in [0.15, 0.2) is 11.5 Å². The van der Waals surface area contributed by atoms with Crippen LogP contribution in [0.3, 0.4) is 0 Å². The van der Waals surface area contributed by atoms with Crippen LogP contribution in [-0.4, -0.2) is 25.6 Å². The summed E-state index contributed by atoms with van der Waals surface area (Å²) in [4.78, 5) is 23.5. The lowest BCUT2D eigenvalue weighted by Gasteiger charge is -2.13. The van der Waals surface area contributed by atoms with Crippen molar-refractivity contribution in [3.63, 3.8) is 0 Å². The SMILES string of the molecule is COc1cc(/C=C/C(=O)OC(C(N)=O)c2ccccc2)ccc1OC(F)F. The highest BCUT2D eigenvalue weighted by molar-refractivity contribution is 5.90. The second-order valence-electron chi connectivity index (χ2n) is 5.25. The Morgan fingerprint density at radius 1 is 1.07 bits per heavy atom. The summed E-state index contributed by atoms with van der Waals surface area (Å²) in [6.07, 6.45) is 1.24. The van der Waals surface area contributed by atoms with Crippen LogP contribution >= 0.6 is 0 Å². The van der Waals surface area contributed by atoms with Crippen molar-refractivity contribution in [1.82, 2.24) is 0 Å². The number of rotatable bonds is 8. The number of methoxy groups -OCH3 is 1. The topological polar surface area (TPSA) is 87.9 Å². The van der Waals surface area contributed by atoms with Crippen LogP contribution in [0.25, 0.3) is 6.08 Å². The second kappa shape index (κ2) is 9.33. The van der Waals surface area contributed by atoms with E-state index in [1.165, 1.54) is 31.4 Å². The number of hydrogen-bond acceptors (Lipinski definition) is 5. The molecule has 27 heavy (non-hydrogen) atoms. The van der Waals surface area contributed by atoms with Crippen molar-refractivity contribution in [2.45, 2.75) is 12.7 Å². The van der Waals surface area contributed by atoms with Crippen molar-refractivity contribution < 1.29 is 32.6 Å². The van der Waals surface area contributed by atoms with Crippen LogP contribution in [0, 0.1) is 0 Å². The fourth-order valence-electron chi connectivity index (χ4n) is 2.22. The Morgan fingerprint density at radius 3 is 2.37 bits per heavy atom. The Labute approximate surface area is 154 Å². The molecule has 0 aliphatic heterocycles. The molecule has 0 bridgehead atoms. The highest BCUT2D eigenvalue weighted by Crippen LogP contribution is 2.30. The normalized spacial score (nSPS) is 12.0. The van der Waals surface area contributed by atoms with Crippen molar-refractivity contribution in [3.05, 3.63) is 65.7 Å². The van der Waals surface area contributed by atoms with Crippen molar-refractivity contribution >= 4 is 18.0 Å². The van der Waals surface area contributed by atoms with Gasteiger partial charge in [0.25, 0.3) is 5.91 Å². The average molecular weight is 377 g/mol. The standard InChI is InChI=1S/C19H17F2NO5/c1-25-15-11-12(7-9-14(15)26-19(20)21)8-10-16(23)27-17(18(22)24)13-5-3-2-4-6-13/h2-11,17,19H,1H3,(H2,22,24)/b10-8+. The van der Waals surface area contributed by atoms with Gasteiger partial charge in [-0.05, 0) is 23.8 Å². The maximum Gasteiger partial charge on any atom is 0.387 e. The molecule has 0 fully saturated rings. The molecule has 8 heteroatoms. The number of alkyl halides is 2. The molecule has 0 heterocycles. The van der Waals surface area contributed by atoms with Gasteiger partial charge in [0, 0.05) is 11.6 Å². The second-order valence-corrected chi connectivity index (χ2v) is 5.25. The van der Waals surface area contributed by atoms with E-state index in [2.05, 4.69) is 4.74 Å². The molecule has 2 aromatic rings. The minimum atomic E-state index is -2.99. The van der Waals surface area contributed by atoms with Crippen LogP contribution in [-0.2, 0) is 14.3 Å². The largest absolute Gasteiger partial charge is 0.493 e. The molecular formula is C19H17F2NO5. The van der Waals surface area contributed by atoms with Gasteiger partial charge in [0.1, 0.15) is 0 Å². The first-order valence-electron chi connectivity index (χ1n) is 7.76. The molecule has 2 rings (SSSR count). The van der Waals surface area contributed by atoms with E-state index in [1.54, 1.807) is 30.3 Å². The molecule has 0 radical (unpaired) electrons. The summed E-state index contributed by atoms with van der Waals surface area (Å²) in [6.45, 7) is -2.99. The van der Waals surface area contributed by atoms with Gasteiger partial charge in [-0.3, -0.25) is 4.79 Å². The monoisotopic (exact) mass is 377 g/mol. The lowest BCUT2D eigenvalue weighted by Crippen LogP contribution is -2.25. The molecule has 0 spiro atoms.